The third kappa shape index (κ3) is 5.52. The summed E-state index contributed by atoms with van der Waals surface area (Å²) in [6.45, 7) is 0. The summed E-state index contributed by atoms with van der Waals surface area (Å²) >= 11 is 0. The fraction of sp³-hybridized carbons (Fsp3) is 0. The molecule has 0 spiro atoms. The molecule has 3 rings (SSSR count). The molecule has 3 aromatic rings. The number of nitrogens with zero attached hydrogens (tertiary/aromatic N) is 1. The first kappa shape index (κ1) is 16.6. The molecule has 0 radical (unpaired) electrons. The van der Waals surface area contributed by atoms with Gasteiger partial charge >= 0.3 is 0 Å². The van der Waals surface area contributed by atoms with Gasteiger partial charge < -0.3 is 4.89 Å². The SMILES string of the molecule is N#CC=[P+]([O-])c1ccccc1.c1ccc(-c2ccccc2)cc1. The fourth-order valence-electron chi connectivity index (χ4n) is 1.96. The lowest BCUT2D eigenvalue weighted by atomic mass is 10.1. The van der Waals surface area contributed by atoms with Gasteiger partial charge in [0.25, 0.3) is 0 Å². The van der Waals surface area contributed by atoms with Gasteiger partial charge in [-0.25, -0.2) is 0 Å². The highest BCUT2D eigenvalue weighted by molar-refractivity contribution is 7.58. The summed E-state index contributed by atoms with van der Waals surface area (Å²) in [6, 6.07) is 31.5. The van der Waals surface area contributed by atoms with Crippen molar-refractivity contribution in [2.24, 2.45) is 0 Å². The third-order valence-corrected chi connectivity index (χ3v) is 4.22. The lowest BCUT2D eigenvalue weighted by molar-refractivity contribution is -0.149. The second kappa shape index (κ2) is 9.33. The summed E-state index contributed by atoms with van der Waals surface area (Å²) in [4.78, 5) is 11.1. The predicted octanol–water partition coefficient (Wildman–Crippen LogP) is 3.75. The Labute approximate surface area is 137 Å². The van der Waals surface area contributed by atoms with Crippen LogP contribution < -0.4 is 10.2 Å². The Morgan fingerprint density at radius 2 is 1.09 bits per heavy atom. The topological polar surface area (TPSA) is 46.8 Å². The predicted molar refractivity (Wildman–Crippen MR) is 96.6 cm³/mol. The van der Waals surface area contributed by atoms with E-state index in [2.05, 4.69) is 48.5 Å². The molecule has 1 unspecified atom stereocenters. The Morgan fingerprint density at radius 3 is 1.48 bits per heavy atom. The van der Waals surface area contributed by atoms with E-state index in [9.17, 15) is 4.89 Å². The average molecular weight is 317 g/mol. The minimum absolute atomic E-state index is 0.698. The van der Waals surface area contributed by atoms with Gasteiger partial charge in [0, 0.05) is 0 Å². The van der Waals surface area contributed by atoms with Crippen LogP contribution in [0, 0.1) is 11.3 Å². The van der Waals surface area contributed by atoms with Crippen molar-refractivity contribution in [2.45, 2.75) is 0 Å². The number of benzene rings is 3. The van der Waals surface area contributed by atoms with Gasteiger partial charge in [-0.15, -0.1) is 0 Å². The molecule has 0 saturated carbocycles. The van der Waals surface area contributed by atoms with Crippen LogP contribution in [0.2, 0.25) is 0 Å². The van der Waals surface area contributed by atoms with Crippen molar-refractivity contribution in [2.75, 3.05) is 0 Å². The van der Waals surface area contributed by atoms with E-state index in [1.54, 1.807) is 30.3 Å². The van der Waals surface area contributed by atoms with E-state index in [0.717, 1.165) is 5.80 Å². The van der Waals surface area contributed by atoms with E-state index < -0.39 is 7.77 Å². The Kier molecular flexibility index (Phi) is 6.75. The van der Waals surface area contributed by atoms with Crippen LogP contribution in [-0.4, -0.2) is 5.80 Å². The van der Waals surface area contributed by atoms with Gasteiger partial charge in [-0.1, -0.05) is 78.9 Å². The number of hydrogen-bond donors (Lipinski definition) is 0. The molecule has 0 amide bonds. The molecule has 1 atom stereocenters. The zero-order valence-electron chi connectivity index (χ0n) is 12.5. The van der Waals surface area contributed by atoms with Crippen LogP contribution in [-0.2, 0) is 0 Å². The average Bonchev–Trinajstić information content (AvgIpc) is 2.65. The van der Waals surface area contributed by atoms with Gasteiger partial charge in [-0.2, -0.15) is 5.26 Å². The second-order valence-corrected chi connectivity index (χ2v) is 6.08. The minimum Gasteiger partial charge on any atom is -0.625 e. The fourth-order valence-corrected chi connectivity index (χ4v) is 2.68. The smallest absolute Gasteiger partial charge is 0.186 e. The largest absolute Gasteiger partial charge is 0.625 e. The summed E-state index contributed by atoms with van der Waals surface area (Å²) in [7, 11) is -1.61. The van der Waals surface area contributed by atoms with Crippen molar-refractivity contribution in [3.05, 3.63) is 91.0 Å². The Bertz CT molecular complexity index is 741. The number of hydrogen-bond acceptors (Lipinski definition) is 2. The molecular weight excluding hydrogens is 301 g/mol. The highest BCUT2D eigenvalue weighted by atomic mass is 31.1. The molecule has 0 saturated heterocycles. The highest BCUT2D eigenvalue weighted by Gasteiger charge is 1.98. The van der Waals surface area contributed by atoms with Crippen molar-refractivity contribution in [1.29, 1.82) is 5.26 Å². The van der Waals surface area contributed by atoms with Gasteiger partial charge in [0.15, 0.2) is 5.80 Å². The molecule has 112 valence electrons. The number of nitriles is 1. The molecule has 0 N–H and O–H groups in total. The van der Waals surface area contributed by atoms with Crippen molar-refractivity contribution in [3.63, 3.8) is 0 Å². The lowest BCUT2D eigenvalue weighted by Gasteiger charge is -1.98. The van der Waals surface area contributed by atoms with E-state index in [-0.39, 0.29) is 0 Å². The standard InChI is InChI=1S/C12H10.C8H6NOP/c1-3-7-11(8-4-1)12-9-5-2-6-10-12;9-6-7-11(10)8-4-2-1-3-5-8/h1-10H;1-5,7H. The quantitative estimate of drug-likeness (QED) is 0.676. The van der Waals surface area contributed by atoms with Crippen molar-refractivity contribution >= 4 is 18.9 Å². The van der Waals surface area contributed by atoms with Crippen LogP contribution >= 0.6 is 7.77 Å². The van der Waals surface area contributed by atoms with Gasteiger partial charge in [-0.3, -0.25) is 0 Å². The summed E-state index contributed by atoms with van der Waals surface area (Å²) in [6.07, 6.45) is 0. The van der Waals surface area contributed by atoms with Crippen molar-refractivity contribution < 1.29 is 4.89 Å². The Hall–Kier alpha value is -2.72. The molecule has 3 heteroatoms. The van der Waals surface area contributed by atoms with E-state index in [1.165, 1.54) is 11.1 Å². The van der Waals surface area contributed by atoms with E-state index in [1.807, 2.05) is 18.2 Å². The zero-order valence-corrected chi connectivity index (χ0v) is 13.4. The summed E-state index contributed by atoms with van der Waals surface area (Å²) < 4.78 is 0. The van der Waals surface area contributed by atoms with Crippen LogP contribution in [0.25, 0.3) is 11.1 Å². The Morgan fingerprint density at radius 1 is 0.696 bits per heavy atom. The third-order valence-electron chi connectivity index (χ3n) is 3.07. The molecule has 3 aromatic carbocycles. The van der Waals surface area contributed by atoms with Crippen LogP contribution in [0.1, 0.15) is 0 Å². The van der Waals surface area contributed by atoms with Gasteiger partial charge in [0.05, 0.1) is 0 Å². The molecule has 0 aromatic heterocycles. The van der Waals surface area contributed by atoms with Gasteiger partial charge in [0.1, 0.15) is 19.1 Å². The maximum Gasteiger partial charge on any atom is 0.186 e. The molecule has 0 heterocycles. The summed E-state index contributed by atoms with van der Waals surface area (Å²) in [5.41, 5.74) is 2.55. The summed E-state index contributed by atoms with van der Waals surface area (Å²) in [5, 5.41) is 8.91. The molecule has 0 aliphatic heterocycles. The number of rotatable bonds is 2. The minimum atomic E-state index is -1.61. The van der Waals surface area contributed by atoms with E-state index >= 15 is 0 Å². The first-order valence-electron chi connectivity index (χ1n) is 7.16. The van der Waals surface area contributed by atoms with Crippen LogP contribution in [0.5, 0.6) is 0 Å². The van der Waals surface area contributed by atoms with E-state index in [0.29, 0.717) is 5.30 Å². The monoisotopic (exact) mass is 317 g/mol. The van der Waals surface area contributed by atoms with Crippen molar-refractivity contribution in [1.82, 2.24) is 0 Å². The molecular formula is C20H16NOP. The van der Waals surface area contributed by atoms with Crippen LogP contribution in [0.15, 0.2) is 91.0 Å². The molecule has 0 bridgehead atoms. The van der Waals surface area contributed by atoms with Gasteiger partial charge in [0.2, 0.25) is 0 Å². The summed E-state index contributed by atoms with van der Waals surface area (Å²) in [5.74, 6) is 1.14. The molecule has 0 aliphatic rings. The Balaban J connectivity index is 0.000000168. The molecule has 0 fully saturated rings. The van der Waals surface area contributed by atoms with Crippen molar-refractivity contribution in [3.8, 4) is 17.2 Å². The van der Waals surface area contributed by atoms with Gasteiger partial charge in [-0.05, 0) is 23.3 Å². The maximum absolute atomic E-state index is 11.1. The molecule has 2 nitrogen and oxygen atoms in total. The first-order chi connectivity index (χ1) is 11.3. The molecule has 23 heavy (non-hydrogen) atoms. The zero-order chi connectivity index (χ0) is 16.3. The molecule has 0 aliphatic carbocycles. The normalized spacial score (nSPS) is 10.2. The first-order valence-corrected chi connectivity index (χ1v) is 8.49. The van der Waals surface area contributed by atoms with Crippen LogP contribution in [0.3, 0.4) is 0 Å². The highest BCUT2D eigenvalue weighted by Crippen LogP contribution is 2.17. The second-order valence-electron chi connectivity index (χ2n) is 4.65. The maximum atomic E-state index is 11.1. The van der Waals surface area contributed by atoms with E-state index in [4.69, 9.17) is 5.26 Å². The van der Waals surface area contributed by atoms with Crippen LogP contribution in [0.4, 0.5) is 0 Å². The lowest BCUT2D eigenvalue weighted by Crippen LogP contribution is -2.04.